The number of unbranched alkanes of at least 4 members (excludes halogenated alkanes) is 4. The van der Waals surface area contributed by atoms with E-state index in [1.54, 1.807) is 0 Å². The van der Waals surface area contributed by atoms with Gasteiger partial charge < -0.3 is 4.48 Å². The Balaban J connectivity index is 0.000000525. The van der Waals surface area contributed by atoms with Gasteiger partial charge in [0.15, 0.2) is 0 Å². The van der Waals surface area contributed by atoms with Crippen molar-refractivity contribution in [2.24, 2.45) is 0 Å². The highest BCUT2D eigenvalue weighted by Gasteiger charge is 2.24. The van der Waals surface area contributed by atoms with Gasteiger partial charge in [-0.3, -0.25) is 0 Å². The highest BCUT2D eigenvalue weighted by Crippen LogP contribution is 2.27. The summed E-state index contributed by atoms with van der Waals surface area (Å²) in [4.78, 5) is 10.7. The maximum Gasteiger partial charge on any atom is 0.119 e. The summed E-state index contributed by atoms with van der Waals surface area (Å²) < 4.78 is 1.42. The Kier molecular flexibility index (Phi) is 20.7. The van der Waals surface area contributed by atoms with Crippen molar-refractivity contribution in [1.29, 1.82) is 0 Å². The molecular formula is C22H43N4S2+. The third kappa shape index (κ3) is 16.4. The van der Waals surface area contributed by atoms with E-state index in [9.17, 15) is 0 Å². The van der Waals surface area contributed by atoms with E-state index < -0.39 is 0 Å². The van der Waals surface area contributed by atoms with Crippen molar-refractivity contribution in [3.05, 3.63) is 30.5 Å². The van der Waals surface area contributed by atoms with Crippen LogP contribution in [0, 0.1) is 0 Å². The van der Waals surface area contributed by atoms with Crippen molar-refractivity contribution in [3.8, 4) is 0 Å². The van der Waals surface area contributed by atoms with E-state index >= 15 is 0 Å². The van der Waals surface area contributed by atoms with Gasteiger partial charge in [0.2, 0.25) is 0 Å². The second-order valence-corrected chi connectivity index (χ2v) is 9.51. The molecule has 0 radical (unpaired) electrons. The zero-order valence-corrected chi connectivity index (χ0v) is 20.3. The predicted octanol–water partition coefficient (Wildman–Crippen LogP) is 6.77. The van der Waals surface area contributed by atoms with Crippen molar-refractivity contribution >= 4 is 21.6 Å². The molecule has 162 valence electrons. The van der Waals surface area contributed by atoms with E-state index in [-0.39, 0.29) is 0 Å². The number of hydrogen-bond donors (Lipinski definition) is 0. The third-order valence-corrected chi connectivity index (χ3v) is 6.65. The number of quaternary nitrogens is 1. The van der Waals surface area contributed by atoms with Gasteiger partial charge in [0.1, 0.15) is 19.0 Å². The van der Waals surface area contributed by atoms with E-state index in [1.807, 2.05) is 21.6 Å². The second-order valence-electron chi connectivity index (χ2n) is 7.20. The number of rotatable bonds is 12. The van der Waals surface area contributed by atoms with Crippen LogP contribution < -0.4 is 0 Å². The van der Waals surface area contributed by atoms with Gasteiger partial charge in [-0.2, -0.15) is 0 Å². The summed E-state index contributed by atoms with van der Waals surface area (Å²) in [6.07, 6.45) is 17.5. The quantitative estimate of drug-likeness (QED) is 0.272. The molecule has 0 aromatic carbocycles. The minimum absolute atomic E-state index is 1.20. The first-order valence-electron chi connectivity index (χ1n) is 11.1. The van der Waals surface area contributed by atoms with Crippen LogP contribution in [0.4, 0.5) is 0 Å². The minimum atomic E-state index is 1.20. The van der Waals surface area contributed by atoms with Crippen LogP contribution in [0.3, 0.4) is 0 Å². The lowest BCUT2D eigenvalue weighted by Crippen LogP contribution is -2.50. The summed E-state index contributed by atoms with van der Waals surface area (Å²) in [7, 11) is 3.69. The summed E-state index contributed by atoms with van der Waals surface area (Å²) in [5.74, 6) is 1.20. The van der Waals surface area contributed by atoms with Gasteiger partial charge in [0, 0.05) is 5.75 Å². The number of aromatic nitrogens is 3. The zero-order valence-electron chi connectivity index (χ0n) is 18.7. The van der Waals surface area contributed by atoms with E-state index in [4.69, 9.17) is 0 Å². The highest BCUT2D eigenvalue weighted by molar-refractivity contribution is 8.78. The van der Waals surface area contributed by atoms with Crippen molar-refractivity contribution in [2.75, 3.05) is 31.9 Å². The summed E-state index contributed by atoms with van der Waals surface area (Å²) in [6, 6.07) is 0. The largest absolute Gasteiger partial charge is 0.324 e. The van der Waals surface area contributed by atoms with Crippen molar-refractivity contribution in [3.63, 3.8) is 0 Å². The SMILES string of the molecule is C1=CSSC1.CCCC[N+](CCCC)(CCCC)CCCC.c1ncncn1. The summed E-state index contributed by atoms with van der Waals surface area (Å²) in [5, 5.41) is 2.12. The summed E-state index contributed by atoms with van der Waals surface area (Å²) in [6.45, 7) is 15.0. The van der Waals surface area contributed by atoms with Gasteiger partial charge in [-0.05, 0) is 31.1 Å². The van der Waals surface area contributed by atoms with Gasteiger partial charge in [-0.1, -0.05) is 81.0 Å². The Labute approximate surface area is 182 Å². The molecule has 0 saturated heterocycles. The lowest BCUT2D eigenvalue weighted by atomic mass is 10.1. The van der Waals surface area contributed by atoms with Crippen LogP contribution in [-0.4, -0.2) is 51.4 Å². The molecule has 1 aromatic heterocycles. The number of nitrogens with zero attached hydrogens (tertiary/aromatic N) is 4. The van der Waals surface area contributed by atoms with Crippen LogP contribution in [0.5, 0.6) is 0 Å². The van der Waals surface area contributed by atoms with Gasteiger partial charge in [0.25, 0.3) is 0 Å². The fourth-order valence-electron chi connectivity index (χ4n) is 3.05. The lowest BCUT2D eigenvalue weighted by molar-refractivity contribution is -0.929. The molecular weight excluding hydrogens is 384 g/mol. The maximum absolute atomic E-state index is 3.56. The molecule has 0 N–H and O–H groups in total. The van der Waals surface area contributed by atoms with Crippen molar-refractivity contribution < 1.29 is 4.48 Å². The molecule has 0 saturated carbocycles. The molecule has 0 atom stereocenters. The Morgan fingerprint density at radius 1 is 0.679 bits per heavy atom. The fourth-order valence-corrected chi connectivity index (χ4v) is 4.62. The van der Waals surface area contributed by atoms with Gasteiger partial charge in [0.05, 0.1) is 26.2 Å². The van der Waals surface area contributed by atoms with E-state index in [0.29, 0.717) is 0 Å². The van der Waals surface area contributed by atoms with E-state index in [1.165, 1.54) is 107 Å². The van der Waals surface area contributed by atoms with Gasteiger partial charge in [-0.15, -0.1) is 0 Å². The first-order valence-corrected chi connectivity index (χ1v) is 13.5. The van der Waals surface area contributed by atoms with Gasteiger partial charge >= 0.3 is 0 Å². The molecule has 1 aliphatic heterocycles. The molecule has 0 amide bonds. The fraction of sp³-hybridized carbons (Fsp3) is 0.773. The molecule has 28 heavy (non-hydrogen) atoms. The summed E-state index contributed by atoms with van der Waals surface area (Å²) in [5.41, 5.74) is 0. The monoisotopic (exact) mass is 427 g/mol. The lowest BCUT2D eigenvalue weighted by Gasteiger charge is -2.39. The molecule has 0 aliphatic carbocycles. The Hall–Kier alpha value is -0.590. The topological polar surface area (TPSA) is 38.7 Å². The average molecular weight is 428 g/mol. The summed E-state index contributed by atoms with van der Waals surface area (Å²) >= 11 is 0. The molecule has 0 fully saturated rings. The van der Waals surface area contributed by atoms with Crippen LogP contribution in [0.2, 0.25) is 0 Å². The van der Waals surface area contributed by atoms with Crippen LogP contribution in [0.15, 0.2) is 30.5 Å². The molecule has 1 aromatic rings. The normalized spacial score (nSPS) is 12.7. The van der Waals surface area contributed by atoms with Crippen LogP contribution >= 0.6 is 21.6 Å². The first kappa shape index (κ1) is 27.4. The van der Waals surface area contributed by atoms with Crippen molar-refractivity contribution in [1.82, 2.24) is 15.0 Å². The average Bonchev–Trinajstić information content (AvgIpc) is 3.35. The molecule has 0 bridgehead atoms. The van der Waals surface area contributed by atoms with Crippen LogP contribution in [-0.2, 0) is 0 Å². The Morgan fingerprint density at radius 3 is 1.25 bits per heavy atom. The van der Waals surface area contributed by atoms with Crippen molar-refractivity contribution in [2.45, 2.75) is 79.1 Å². The highest BCUT2D eigenvalue weighted by atomic mass is 33.1. The standard InChI is InChI=1S/C16H36N.C3H3N3.C3H4S2/c1-5-9-13-17(14-10-6-2,15-11-7-3)16-12-8-4;1-4-2-6-3-5-1;1-2-4-5-3-1/h5-16H2,1-4H3;1-3H;1-2H,3H2/q+1;;. The number of hydrogen-bond acceptors (Lipinski definition) is 5. The van der Waals surface area contributed by atoms with Crippen LogP contribution in [0.1, 0.15) is 79.1 Å². The molecule has 0 unspecified atom stereocenters. The Morgan fingerprint density at radius 2 is 1.07 bits per heavy atom. The molecule has 6 heteroatoms. The predicted molar refractivity (Wildman–Crippen MR) is 128 cm³/mol. The van der Waals surface area contributed by atoms with E-state index in [2.05, 4.69) is 54.1 Å². The maximum atomic E-state index is 3.56. The molecule has 1 aliphatic rings. The molecule has 2 heterocycles. The van der Waals surface area contributed by atoms with Gasteiger partial charge in [-0.25, -0.2) is 15.0 Å². The third-order valence-electron chi connectivity index (χ3n) is 4.73. The first-order chi connectivity index (χ1) is 13.7. The molecule has 4 nitrogen and oxygen atoms in total. The molecule has 0 spiro atoms. The second kappa shape index (κ2) is 21.1. The smallest absolute Gasteiger partial charge is 0.119 e. The Bertz CT molecular complexity index is 373. The molecule has 2 rings (SSSR count). The van der Waals surface area contributed by atoms with E-state index in [0.717, 1.165) is 0 Å². The van der Waals surface area contributed by atoms with Crippen LogP contribution in [0.25, 0.3) is 0 Å². The minimum Gasteiger partial charge on any atom is -0.324 e. The zero-order chi connectivity index (χ0) is 20.8.